The highest BCUT2D eigenvalue weighted by atomic mass is 79.9. The van der Waals surface area contributed by atoms with Gasteiger partial charge in [0.05, 0.1) is 4.47 Å². The molecule has 2 nitrogen and oxygen atoms in total. The number of hydrogen-bond acceptors (Lipinski definition) is 2. The van der Waals surface area contributed by atoms with Gasteiger partial charge in [-0.05, 0) is 64.2 Å². The van der Waals surface area contributed by atoms with E-state index < -0.39 is 8.32 Å². The van der Waals surface area contributed by atoms with Crippen LogP contribution in [0, 0.1) is 0 Å². The third-order valence-electron chi connectivity index (χ3n) is 4.35. The summed E-state index contributed by atoms with van der Waals surface area (Å²) in [5.41, 5.74) is 2.80. The molecule has 1 aromatic rings. The van der Waals surface area contributed by atoms with Crippen LogP contribution in [0.25, 0.3) is 0 Å². The second-order valence-corrected chi connectivity index (χ2v) is 12.3. The lowest BCUT2D eigenvalue weighted by molar-refractivity contribution is 0.487. The lowest BCUT2D eigenvalue weighted by Gasteiger charge is -2.37. The van der Waals surface area contributed by atoms with Crippen molar-refractivity contribution in [3.05, 3.63) is 27.7 Å². The van der Waals surface area contributed by atoms with Gasteiger partial charge < -0.3 is 9.74 Å². The molecule has 0 aromatic heterocycles. The fourth-order valence-electron chi connectivity index (χ4n) is 2.01. The summed E-state index contributed by atoms with van der Waals surface area (Å²) in [6.07, 6.45) is 1.11. The SMILES string of the molecule is CC(C)(C)[Si](C)(C)Oc1ccc2c(c1Br)CNCC2. The number of rotatable bonds is 2. The van der Waals surface area contributed by atoms with Crippen molar-refractivity contribution >= 4 is 24.2 Å². The predicted molar refractivity (Wildman–Crippen MR) is 87.4 cm³/mol. The first-order valence-electron chi connectivity index (χ1n) is 6.92. The van der Waals surface area contributed by atoms with Crippen LogP contribution in [0.3, 0.4) is 0 Å². The van der Waals surface area contributed by atoms with E-state index in [1.54, 1.807) is 0 Å². The first kappa shape index (κ1) is 15.1. The van der Waals surface area contributed by atoms with E-state index >= 15 is 0 Å². The van der Waals surface area contributed by atoms with Gasteiger partial charge in [0.15, 0.2) is 0 Å². The van der Waals surface area contributed by atoms with E-state index in [1.807, 2.05) is 0 Å². The number of halogens is 1. The van der Waals surface area contributed by atoms with Crippen molar-refractivity contribution in [2.75, 3.05) is 6.54 Å². The minimum Gasteiger partial charge on any atom is -0.543 e. The molecule has 1 aliphatic rings. The lowest BCUT2D eigenvalue weighted by Crippen LogP contribution is -2.44. The molecule has 0 unspecified atom stereocenters. The molecular weight excluding hydrogens is 318 g/mol. The maximum absolute atomic E-state index is 6.43. The van der Waals surface area contributed by atoms with Gasteiger partial charge in [-0.25, -0.2) is 0 Å². The predicted octanol–water partition coefficient (Wildman–Crippen LogP) is 4.48. The van der Waals surface area contributed by atoms with Crippen LogP contribution < -0.4 is 9.74 Å². The monoisotopic (exact) mass is 341 g/mol. The molecule has 106 valence electrons. The Hall–Kier alpha value is -0.323. The van der Waals surface area contributed by atoms with Gasteiger partial charge in [-0.3, -0.25) is 0 Å². The molecule has 2 rings (SSSR count). The quantitative estimate of drug-likeness (QED) is 0.800. The molecule has 1 aliphatic heterocycles. The molecule has 1 N–H and O–H groups in total. The first-order chi connectivity index (χ1) is 8.72. The second kappa shape index (κ2) is 5.22. The normalized spacial score (nSPS) is 16.1. The lowest BCUT2D eigenvalue weighted by atomic mass is 10.0. The maximum Gasteiger partial charge on any atom is 0.250 e. The summed E-state index contributed by atoms with van der Waals surface area (Å²) in [4.78, 5) is 0. The van der Waals surface area contributed by atoms with Crippen molar-refractivity contribution in [2.24, 2.45) is 0 Å². The van der Waals surface area contributed by atoms with Gasteiger partial charge in [-0.1, -0.05) is 26.8 Å². The molecule has 4 heteroatoms. The minimum atomic E-state index is -1.77. The van der Waals surface area contributed by atoms with Crippen LogP contribution in [0.1, 0.15) is 31.9 Å². The minimum absolute atomic E-state index is 0.223. The molecule has 1 heterocycles. The van der Waals surface area contributed by atoms with E-state index in [9.17, 15) is 0 Å². The third kappa shape index (κ3) is 3.06. The molecule has 0 radical (unpaired) electrons. The molecule has 1 aromatic carbocycles. The highest BCUT2D eigenvalue weighted by molar-refractivity contribution is 9.10. The van der Waals surface area contributed by atoms with Crippen molar-refractivity contribution in [3.8, 4) is 5.75 Å². The number of benzene rings is 1. The van der Waals surface area contributed by atoms with E-state index in [2.05, 4.69) is 67.2 Å². The zero-order chi connectivity index (χ0) is 14.3. The van der Waals surface area contributed by atoms with Gasteiger partial charge in [0.25, 0.3) is 8.32 Å². The average molecular weight is 342 g/mol. The molecule has 0 aliphatic carbocycles. The maximum atomic E-state index is 6.43. The van der Waals surface area contributed by atoms with Gasteiger partial charge in [-0.2, -0.15) is 0 Å². The highest BCUT2D eigenvalue weighted by Crippen LogP contribution is 2.40. The van der Waals surface area contributed by atoms with Crippen LogP contribution in [0.2, 0.25) is 18.1 Å². The number of nitrogens with one attached hydrogen (secondary N) is 1. The Balaban J connectivity index is 2.32. The van der Waals surface area contributed by atoms with Crippen molar-refractivity contribution < 1.29 is 4.43 Å². The summed E-state index contributed by atoms with van der Waals surface area (Å²) < 4.78 is 7.57. The van der Waals surface area contributed by atoms with Crippen LogP contribution in [0.4, 0.5) is 0 Å². The Morgan fingerprint density at radius 2 is 1.95 bits per heavy atom. The largest absolute Gasteiger partial charge is 0.543 e. The van der Waals surface area contributed by atoms with Gasteiger partial charge in [-0.15, -0.1) is 0 Å². The fourth-order valence-corrected chi connectivity index (χ4v) is 3.79. The van der Waals surface area contributed by atoms with Gasteiger partial charge in [0, 0.05) is 6.54 Å². The average Bonchev–Trinajstić information content (AvgIpc) is 2.31. The van der Waals surface area contributed by atoms with Gasteiger partial charge in [0.2, 0.25) is 0 Å². The standard InChI is InChI=1S/C15H24BrNOSi/c1-15(2,3)19(4,5)18-13-7-6-11-8-9-17-10-12(11)14(13)16/h6-7,17H,8-10H2,1-5H3. The molecular formula is C15H24BrNOSi. The first-order valence-corrected chi connectivity index (χ1v) is 10.6. The molecule has 0 spiro atoms. The van der Waals surface area contributed by atoms with Crippen molar-refractivity contribution in [1.29, 1.82) is 0 Å². The van der Waals surface area contributed by atoms with Crippen molar-refractivity contribution in [3.63, 3.8) is 0 Å². The fraction of sp³-hybridized carbons (Fsp3) is 0.600. The Bertz CT molecular complexity index is 480. The van der Waals surface area contributed by atoms with Gasteiger partial charge in [0.1, 0.15) is 5.75 Å². The Kier molecular flexibility index (Phi) is 4.14. The van der Waals surface area contributed by atoms with E-state index in [-0.39, 0.29) is 5.04 Å². The third-order valence-corrected chi connectivity index (χ3v) is 9.56. The zero-order valence-corrected chi connectivity index (χ0v) is 15.1. The Labute approximate surface area is 126 Å². The van der Waals surface area contributed by atoms with E-state index in [0.717, 1.165) is 29.7 Å². The van der Waals surface area contributed by atoms with Crippen LogP contribution in [0.15, 0.2) is 16.6 Å². The second-order valence-electron chi connectivity index (χ2n) is 6.80. The summed E-state index contributed by atoms with van der Waals surface area (Å²) in [7, 11) is -1.77. The van der Waals surface area contributed by atoms with E-state index in [0.29, 0.717) is 0 Å². The van der Waals surface area contributed by atoms with E-state index in [4.69, 9.17) is 4.43 Å². The Morgan fingerprint density at radius 3 is 2.58 bits per heavy atom. The van der Waals surface area contributed by atoms with Crippen LogP contribution in [0.5, 0.6) is 5.75 Å². The summed E-state index contributed by atoms with van der Waals surface area (Å²) in [5, 5.41) is 3.65. The highest BCUT2D eigenvalue weighted by Gasteiger charge is 2.39. The molecule has 19 heavy (non-hydrogen) atoms. The molecule has 0 saturated carbocycles. The van der Waals surface area contributed by atoms with Crippen LogP contribution >= 0.6 is 15.9 Å². The summed E-state index contributed by atoms with van der Waals surface area (Å²) in [5.74, 6) is 1.01. The molecule has 0 atom stereocenters. The van der Waals surface area contributed by atoms with Crippen LogP contribution in [-0.2, 0) is 13.0 Å². The molecule has 0 saturated heterocycles. The number of hydrogen-bond donors (Lipinski definition) is 1. The molecule has 0 amide bonds. The zero-order valence-electron chi connectivity index (χ0n) is 12.6. The summed E-state index contributed by atoms with van der Waals surface area (Å²) >= 11 is 3.74. The molecule has 0 bridgehead atoms. The summed E-state index contributed by atoms with van der Waals surface area (Å²) in [6.45, 7) is 13.4. The van der Waals surface area contributed by atoms with Crippen molar-refractivity contribution in [2.45, 2.75) is 51.9 Å². The van der Waals surface area contributed by atoms with E-state index in [1.165, 1.54) is 11.1 Å². The Morgan fingerprint density at radius 1 is 1.26 bits per heavy atom. The topological polar surface area (TPSA) is 21.3 Å². The van der Waals surface area contributed by atoms with Gasteiger partial charge >= 0.3 is 0 Å². The summed E-state index contributed by atoms with van der Waals surface area (Å²) in [6, 6.07) is 4.36. The number of fused-ring (bicyclic) bond motifs is 1. The van der Waals surface area contributed by atoms with Crippen molar-refractivity contribution in [1.82, 2.24) is 5.32 Å². The van der Waals surface area contributed by atoms with Crippen LogP contribution in [-0.4, -0.2) is 14.9 Å². The smallest absolute Gasteiger partial charge is 0.250 e. The molecule has 0 fully saturated rings.